The number of halogens is 1. The molecule has 1 aliphatic rings. The first-order valence-corrected chi connectivity index (χ1v) is 6.98. The Bertz CT molecular complexity index is 870. The number of hydrogen-bond donors (Lipinski definition) is 1. The minimum absolute atomic E-state index is 0.0777. The van der Waals surface area contributed by atoms with E-state index in [4.69, 9.17) is 4.74 Å². The van der Waals surface area contributed by atoms with E-state index in [1.54, 1.807) is 12.3 Å². The molecule has 0 aliphatic heterocycles. The minimum Gasteiger partial charge on any atom is -0.507 e. The monoisotopic (exact) mass is 329 g/mol. The average Bonchev–Trinajstić information content (AvgIpc) is 2.98. The number of allylic oxidation sites excluding steroid dienone is 3. The Morgan fingerprint density at radius 1 is 1.21 bits per heavy atom. The standard InChI is InChI=1S/C16H12FN3O4/c17-11-2-1-3-13(5-11)24-9-12-8-20(19-18-12)7-10-4-15(22)16(23)6-14(10)21/h1-6,8,21H,7,9H2. The number of aliphatic hydroxyl groups is 1. The van der Waals surface area contributed by atoms with Gasteiger partial charge >= 0.3 is 0 Å². The first-order chi connectivity index (χ1) is 11.5. The number of carbonyl (C=O) groups is 2. The summed E-state index contributed by atoms with van der Waals surface area (Å²) in [6.45, 7) is 0.163. The van der Waals surface area contributed by atoms with Crippen LogP contribution < -0.4 is 4.74 Å². The maximum atomic E-state index is 13.1. The number of aliphatic hydroxyl groups excluding tert-OH is 1. The summed E-state index contributed by atoms with van der Waals surface area (Å²) in [6.07, 6.45) is 3.51. The maximum absolute atomic E-state index is 13.1. The molecule has 0 unspecified atom stereocenters. The lowest BCUT2D eigenvalue weighted by Crippen LogP contribution is -2.17. The Hall–Kier alpha value is -3.29. The molecule has 0 spiro atoms. The third-order valence-electron chi connectivity index (χ3n) is 3.25. The van der Waals surface area contributed by atoms with E-state index in [1.807, 2.05) is 0 Å². The number of aromatic nitrogens is 3. The van der Waals surface area contributed by atoms with E-state index < -0.39 is 17.4 Å². The highest BCUT2D eigenvalue weighted by Crippen LogP contribution is 2.16. The number of ether oxygens (including phenoxy) is 1. The van der Waals surface area contributed by atoms with Crippen LogP contribution in [0.4, 0.5) is 4.39 Å². The predicted molar refractivity (Wildman–Crippen MR) is 79.6 cm³/mol. The molecular formula is C16H12FN3O4. The molecule has 24 heavy (non-hydrogen) atoms. The van der Waals surface area contributed by atoms with Crippen molar-refractivity contribution in [1.82, 2.24) is 15.0 Å². The van der Waals surface area contributed by atoms with E-state index in [-0.39, 0.29) is 24.5 Å². The van der Waals surface area contributed by atoms with Crippen molar-refractivity contribution >= 4 is 11.6 Å². The molecule has 0 atom stereocenters. The molecule has 7 nitrogen and oxygen atoms in total. The second-order valence-electron chi connectivity index (χ2n) is 5.08. The van der Waals surface area contributed by atoms with Crippen molar-refractivity contribution in [2.75, 3.05) is 0 Å². The average molecular weight is 329 g/mol. The van der Waals surface area contributed by atoms with E-state index in [0.717, 1.165) is 12.2 Å². The van der Waals surface area contributed by atoms with Crippen LogP contribution in [-0.2, 0) is 22.7 Å². The second-order valence-corrected chi connectivity index (χ2v) is 5.08. The van der Waals surface area contributed by atoms with Crippen LogP contribution in [0.15, 0.2) is 53.9 Å². The quantitative estimate of drug-likeness (QED) is 0.660. The molecule has 0 saturated heterocycles. The zero-order valence-corrected chi connectivity index (χ0v) is 12.3. The van der Waals surface area contributed by atoms with Gasteiger partial charge in [0.15, 0.2) is 0 Å². The third-order valence-corrected chi connectivity index (χ3v) is 3.25. The van der Waals surface area contributed by atoms with Crippen LogP contribution in [0.3, 0.4) is 0 Å². The fourth-order valence-corrected chi connectivity index (χ4v) is 2.09. The molecule has 1 aliphatic carbocycles. The molecule has 122 valence electrons. The van der Waals surface area contributed by atoms with Gasteiger partial charge in [0.1, 0.15) is 29.6 Å². The van der Waals surface area contributed by atoms with E-state index in [2.05, 4.69) is 10.3 Å². The number of benzene rings is 1. The lowest BCUT2D eigenvalue weighted by Gasteiger charge is -2.09. The SMILES string of the molecule is O=C1C=C(O)C(Cn2cc(COc3cccc(F)c3)nn2)=CC1=O. The second kappa shape index (κ2) is 6.45. The molecule has 2 aromatic rings. The van der Waals surface area contributed by atoms with E-state index in [1.165, 1.54) is 22.9 Å². The van der Waals surface area contributed by atoms with Gasteiger partial charge in [-0.2, -0.15) is 0 Å². The molecule has 8 heteroatoms. The molecule has 3 rings (SSSR count). The summed E-state index contributed by atoms with van der Waals surface area (Å²) in [5.41, 5.74) is 0.753. The summed E-state index contributed by atoms with van der Waals surface area (Å²) in [6, 6.07) is 5.71. The Morgan fingerprint density at radius 3 is 2.79 bits per heavy atom. The third kappa shape index (κ3) is 3.54. The van der Waals surface area contributed by atoms with Gasteiger partial charge in [0.05, 0.1) is 12.7 Å². The van der Waals surface area contributed by atoms with Crippen molar-refractivity contribution in [2.45, 2.75) is 13.2 Å². The molecule has 0 bridgehead atoms. The summed E-state index contributed by atoms with van der Waals surface area (Å²) in [7, 11) is 0. The molecular weight excluding hydrogens is 317 g/mol. The summed E-state index contributed by atoms with van der Waals surface area (Å²) >= 11 is 0. The molecule has 0 amide bonds. The Balaban J connectivity index is 1.64. The van der Waals surface area contributed by atoms with Crippen LogP contribution >= 0.6 is 0 Å². The van der Waals surface area contributed by atoms with E-state index in [0.29, 0.717) is 11.4 Å². The molecule has 0 saturated carbocycles. The van der Waals surface area contributed by atoms with Crippen LogP contribution in [0.1, 0.15) is 5.69 Å². The molecule has 0 radical (unpaired) electrons. The minimum atomic E-state index is -0.765. The smallest absolute Gasteiger partial charge is 0.229 e. The van der Waals surface area contributed by atoms with Gasteiger partial charge in [0.2, 0.25) is 11.6 Å². The molecule has 1 aromatic heterocycles. The molecule has 1 heterocycles. The van der Waals surface area contributed by atoms with Gasteiger partial charge < -0.3 is 9.84 Å². The first kappa shape index (κ1) is 15.6. The van der Waals surface area contributed by atoms with Crippen LogP contribution in [0.5, 0.6) is 5.75 Å². The lowest BCUT2D eigenvalue weighted by molar-refractivity contribution is -0.131. The Morgan fingerprint density at radius 2 is 2.00 bits per heavy atom. The van der Waals surface area contributed by atoms with Crippen LogP contribution in [-0.4, -0.2) is 31.7 Å². The van der Waals surface area contributed by atoms with Gasteiger partial charge in [-0.25, -0.2) is 9.07 Å². The fourth-order valence-electron chi connectivity index (χ4n) is 2.09. The highest BCUT2D eigenvalue weighted by atomic mass is 19.1. The number of carbonyl (C=O) groups excluding carboxylic acids is 2. The topological polar surface area (TPSA) is 94.3 Å². The summed E-state index contributed by atoms with van der Waals surface area (Å²) in [5.74, 6) is -1.77. The molecule has 1 N–H and O–H groups in total. The first-order valence-electron chi connectivity index (χ1n) is 6.98. The van der Waals surface area contributed by atoms with Crippen molar-refractivity contribution in [1.29, 1.82) is 0 Å². The van der Waals surface area contributed by atoms with Crippen LogP contribution in [0.25, 0.3) is 0 Å². The molecule has 0 fully saturated rings. The zero-order valence-electron chi connectivity index (χ0n) is 12.3. The van der Waals surface area contributed by atoms with Crippen molar-refractivity contribution in [3.63, 3.8) is 0 Å². The number of hydrogen-bond acceptors (Lipinski definition) is 6. The van der Waals surface area contributed by atoms with Crippen LogP contribution in [0, 0.1) is 5.82 Å². The van der Waals surface area contributed by atoms with Gasteiger partial charge in [-0.1, -0.05) is 11.3 Å². The number of rotatable bonds is 5. The van der Waals surface area contributed by atoms with Crippen LogP contribution in [0.2, 0.25) is 0 Å². The van der Waals surface area contributed by atoms with Crippen molar-refractivity contribution in [3.05, 3.63) is 65.5 Å². The zero-order chi connectivity index (χ0) is 17.1. The van der Waals surface area contributed by atoms with E-state index >= 15 is 0 Å². The van der Waals surface area contributed by atoms with E-state index in [9.17, 15) is 19.1 Å². The van der Waals surface area contributed by atoms with Gasteiger partial charge in [-0.05, 0) is 18.2 Å². The molecule has 1 aromatic carbocycles. The highest BCUT2D eigenvalue weighted by molar-refractivity contribution is 6.46. The number of nitrogens with zero attached hydrogens (tertiary/aromatic N) is 3. The summed E-state index contributed by atoms with van der Waals surface area (Å²) in [4.78, 5) is 22.5. The Labute approximate surface area is 135 Å². The predicted octanol–water partition coefficient (Wildman–Crippen LogP) is 1.52. The van der Waals surface area contributed by atoms with Gasteiger partial charge in [-0.3, -0.25) is 9.59 Å². The Kier molecular flexibility index (Phi) is 4.19. The normalized spacial score (nSPS) is 14.4. The lowest BCUT2D eigenvalue weighted by atomic mass is 10.0. The largest absolute Gasteiger partial charge is 0.507 e. The van der Waals surface area contributed by atoms with Crippen molar-refractivity contribution in [2.24, 2.45) is 0 Å². The summed E-state index contributed by atoms with van der Waals surface area (Å²) in [5, 5.41) is 17.4. The van der Waals surface area contributed by atoms with Gasteiger partial charge in [-0.15, -0.1) is 5.10 Å². The van der Waals surface area contributed by atoms with Gasteiger partial charge in [0.25, 0.3) is 0 Å². The maximum Gasteiger partial charge on any atom is 0.229 e. The highest BCUT2D eigenvalue weighted by Gasteiger charge is 2.20. The summed E-state index contributed by atoms with van der Waals surface area (Å²) < 4.78 is 19.8. The van der Waals surface area contributed by atoms with Gasteiger partial charge in [0, 0.05) is 17.7 Å². The number of ketones is 2. The van der Waals surface area contributed by atoms with Crippen molar-refractivity contribution in [3.8, 4) is 5.75 Å². The fraction of sp³-hybridized carbons (Fsp3) is 0.125. The van der Waals surface area contributed by atoms with Crippen molar-refractivity contribution < 1.29 is 23.8 Å².